The molecule has 3 rings (SSSR count). The molecule has 24 heavy (non-hydrogen) atoms. The number of benzene rings is 2. The van der Waals surface area contributed by atoms with Gasteiger partial charge in [-0.2, -0.15) is 0 Å². The molecule has 0 heterocycles. The molecule has 2 aromatic carbocycles. The van der Waals surface area contributed by atoms with Gasteiger partial charge < -0.3 is 19.5 Å². The highest BCUT2D eigenvalue weighted by molar-refractivity contribution is 7.52. The van der Waals surface area contributed by atoms with E-state index < -0.39 is 20.0 Å². The maximum atomic E-state index is 11.8. The van der Waals surface area contributed by atoms with Crippen molar-refractivity contribution < 1.29 is 23.5 Å². The third kappa shape index (κ3) is 3.36. The van der Waals surface area contributed by atoms with Gasteiger partial charge in [-0.15, -0.1) is 0 Å². The minimum atomic E-state index is -3.79. The first kappa shape index (κ1) is 16.7. The third-order valence-electron chi connectivity index (χ3n) is 4.05. The van der Waals surface area contributed by atoms with Crippen molar-refractivity contribution in [3.05, 3.63) is 59.7 Å². The van der Waals surface area contributed by atoms with Gasteiger partial charge in [-0.05, 0) is 22.3 Å². The second-order valence-electron chi connectivity index (χ2n) is 5.48. The van der Waals surface area contributed by atoms with E-state index in [0.29, 0.717) is 0 Å². The summed E-state index contributed by atoms with van der Waals surface area (Å²) in [6.45, 7) is 0.155. The van der Waals surface area contributed by atoms with Gasteiger partial charge >= 0.3 is 13.7 Å². The van der Waals surface area contributed by atoms with Crippen molar-refractivity contribution in [3.63, 3.8) is 0 Å². The highest BCUT2D eigenvalue weighted by Gasteiger charge is 2.29. The lowest BCUT2D eigenvalue weighted by Gasteiger charge is -2.15. The SMILES string of the molecule is COP(=O)(O)CNC(=O)OCC1c2ccccc2-c2ccccc21. The van der Waals surface area contributed by atoms with Gasteiger partial charge in [0.15, 0.2) is 0 Å². The highest BCUT2D eigenvalue weighted by atomic mass is 31.2. The fourth-order valence-electron chi connectivity index (χ4n) is 2.88. The summed E-state index contributed by atoms with van der Waals surface area (Å²) in [5.41, 5.74) is 4.50. The van der Waals surface area contributed by atoms with Crippen LogP contribution in [0, 0.1) is 0 Å². The first-order chi connectivity index (χ1) is 11.5. The summed E-state index contributed by atoms with van der Waals surface area (Å²) in [4.78, 5) is 21.0. The van der Waals surface area contributed by atoms with Crippen LogP contribution in [-0.2, 0) is 13.8 Å². The summed E-state index contributed by atoms with van der Waals surface area (Å²) in [6.07, 6.45) is -1.23. The quantitative estimate of drug-likeness (QED) is 0.811. The zero-order valence-electron chi connectivity index (χ0n) is 13.1. The second kappa shape index (κ2) is 6.77. The van der Waals surface area contributed by atoms with Crippen molar-refractivity contribution >= 4 is 13.7 Å². The predicted molar refractivity (Wildman–Crippen MR) is 89.9 cm³/mol. The molecule has 1 atom stereocenters. The molecule has 1 unspecified atom stereocenters. The van der Waals surface area contributed by atoms with Gasteiger partial charge in [0, 0.05) is 13.0 Å². The van der Waals surface area contributed by atoms with E-state index in [-0.39, 0.29) is 12.5 Å². The van der Waals surface area contributed by atoms with E-state index in [1.54, 1.807) is 0 Å². The summed E-state index contributed by atoms with van der Waals surface area (Å²) in [5.74, 6) is -0.0495. The molecule has 1 aliphatic carbocycles. The van der Waals surface area contributed by atoms with Crippen molar-refractivity contribution in [1.29, 1.82) is 0 Å². The van der Waals surface area contributed by atoms with Gasteiger partial charge in [0.05, 0.1) is 0 Å². The van der Waals surface area contributed by atoms with E-state index in [4.69, 9.17) is 4.74 Å². The average molecular weight is 347 g/mol. The van der Waals surface area contributed by atoms with Crippen molar-refractivity contribution in [2.45, 2.75) is 5.92 Å². The van der Waals surface area contributed by atoms with E-state index in [2.05, 4.69) is 22.0 Å². The molecule has 2 aromatic rings. The van der Waals surface area contributed by atoms with Gasteiger partial charge in [0.25, 0.3) is 0 Å². The lowest BCUT2D eigenvalue weighted by molar-refractivity contribution is 0.143. The Kier molecular flexibility index (Phi) is 4.71. The summed E-state index contributed by atoms with van der Waals surface area (Å²) < 4.78 is 21.0. The Bertz CT molecular complexity index is 762. The van der Waals surface area contributed by atoms with Crippen LogP contribution in [-0.4, -0.2) is 31.0 Å². The number of fused-ring (bicyclic) bond motifs is 3. The molecule has 7 heteroatoms. The molecule has 0 radical (unpaired) electrons. The van der Waals surface area contributed by atoms with Crippen LogP contribution < -0.4 is 5.32 Å². The van der Waals surface area contributed by atoms with Gasteiger partial charge in [-0.3, -0.25) is 4.57 Å². The lowest BCUT2D eigenvalue weighted by atomic mass is 9.98. The lowest BCUT2D eigenvalue weighted by Crippen LogP contribution is -2.27. The standard InChI is InChI=1S/C17H18NO5P/c1-22-24(20,21)11-18-17(19)23-10-16-14-8-4-2-6-12(14)13-7-3-5-9-15(13)16/h2-9,16H,10-11H2,1H3,(H,18,19)(H,20,21). The Morgan fingerprint density at radius 1 is 1.12 bits per heavy atom. The molecule has 0 saturated carbocycles. The molecule has 0 fully saturated rings. The van der Waals surface area contributed by atoms with Crippen LogP contribution in [0.2, 0.25) is 0 Å². The molecule has 0 bridgehead atoms. The largest absolute Gasteiger partial charge is 0.449 e. The Hall–Kier alpha value is -2.14. The van der Waals surface area contributed by atoms with Crippen LogP contribution in [0.4, 0.5) is 4.79 Å². The molecule has 126 valence electrons. The molecule has 0 spiro atoms. The van der Waals surface area contributed by atoms with E-state index in [0.717, 1.165) is 29.4 Å². The highest BCUT2D eigenvalue weighted by Crippen LogP contribution is 2.44. The molecule has 2 N–H and O–H groups in total. The number of ether oxygens (including phenoxy) is 1. The Morgan fingerprint density at radius 3 is 2.21 bits per heavy atom. The zero-order valence-corrected chi connectivity index (χ0v) is 14.0. The van der Waals surface area contributed by atoms with Crippen molar-refractivity contribution in [1.82, 2.24) is 5.32 Å². The fourth-order valence-corrected chi connectivity index (χ4v) is 3.34. The number of hydrogen-bond donors (Lipinski definition) is 2. The third-order valence-corrected chi connectivity index (χ3v) is 5.18. The molecular weight excluding hydrogens is 329 g/mol. The Morgan fingerprint density at radius 2 is 1.67 bits per heavy atom. The maximum Gasteiger partial charge on any atom is 0.407 e. The summed E-state index contributed by atoms with van der Waals surface area (Å²) in [6, 6.07) is 16.0. The van der Waals surface area contributed by atoms with Crippen LogP contribution in [0.15, 0.2) is 48.5 Å². The molecule has 1 aliphatic rings. The Balaban J connectivity index is 1.70. The van der Waals surface area contributed by atoms with Crippen LogP contribution in [0.25, 0.3) is 11.1 Å². The fraction of sp³-hybridized carbons (Fsp3) is 0.235. The molecule has 0 aromatic heterocycles. The van der Waals surface area contributed by atoms with E-state index in [1.165, 1.54) is 0 Å². The van der Waals surface area contributed by atoms with Crippen LogP contribution in [0.5, 0.6) is 0 Å². The van der Waals surface area contributed by atoms with Crippen LogP contribution in [0.1, 0.15) is 17.0 Å². The number of amides is 1. The maximum absolute atomic E-state index is 11.8. The van der Waals surface area contributed by atoms with E-state index in [1.807, 2.05) is 36.4 Å². The van der Waals surface area contributed by atoms with Crippen molar-refractivity contribution in [2.75, 3.05) is 20.0 Å². The van der Waals surface area contributed by atoms with Crippen LogP contribution in [0.3, 0.4) is 0 Å². The summed E-state index contributed by atoms with van der Waals surface area (Å²) in [7, 11) is -2.68. The number of carbonyl (C=O) groups excluding carboxylic acids is 1. The number of hydrogen-bond acceptors (Lipinski definition) is 4. The zero-order chi connectivity index (χ0) is 17.2. The molecule has 1 amide bonds. The van der Waals surface area contributed by atoms with Gasteiger partial charge in [0.2, 0.25) is 0 Å². The van der Waals surface area contributed by atoms with Gasteiger partial charge in [-0.25, -0.2) is 4.79 Å². The Labute approximate surface area is 140 Å². The number of rotatable bonds is 5. The summed E-state index contributed by atoms with van der Waals surface area (Å²) in [5, 5.41) is 2.25. The monoisotopic (exact) mass is 347 g/mol. The molecular formula is C17H18NO5P. The second-order valence-corrected chi connectivity index (χ2v) is 7.44. The number of alkyl carbamates (subject to hydrolysis) is 1. The van der Waals surface area contributed by atoms with E-state index in [9.17, 15) is 14.3 Å². The topological polar surface area (TPSA) is 84.9 Å². The van der Waals surface area contributed by atoms with E-state index >= 15 is 0 Å². The average Bonchev–Trinajstić information content (AvgIpc) is 2.92. The van der Waals surface area contributed by atoms with Gasteiger partial charge in [-0.1, -0.05) is 48.5 Å². The first-order valence-electron chi connectivity index (χ1n) is 7.48. The van der Waals surface area contributed by atoms with Crippen molar-refractivity contribution in [3.8, 4) is 11.1 Å². The normalized spacial score (nSPS) is 15.2. The van der Waals surface area contributed by atoms with Crippen LogP contribution >= 0.6 is 7.60 Å². The minimum Gasteiger partial charge on any atom is -0.449 e. The predicted octanol–water partition coefficient (Wildman–Crippen LogP) is 3.31. The number of nitrogens with one attached hydrogen (secondary N) is 1. The molecule has 6 nitrogen and oxygen atoms in total. The van der Waals surface area contributed by atoms with Crippen molar-refractivity contribution in [2.24, 2.45) is 0 Å². The summed E-state index contributed by atoms with van der Waals surface area (Å²) >= 11 is 0. The number of carbonyl (C=O) groups is 1. The first-order valence-corrected chi connectivity index (χ1v) is 9.24. The minimum absolute atomic E-state index is 0.0495. The smallest absolute Gasteiger partial charge is 0.407 e. The molecule has 0 aliphatic heterocycles. The molecule has 0 saturated heterocycles. The van der Waals surface area contributed by atoms with Gasteiger partial charge in [0.1, 0.15) is 12.9 Å².